The van der Waals surface area contributed by atoms with Crippen LogP contribution in [-0.4, -0.2) is 36.6 Å². The van der Waals surface area contributed by atoms with Crippen LogP contribution < -0.4 is 5.32 Å². The fraction of sp³-hybridized carbons (Fsp3) is 0.571. The molecular formula is C14H23NO3. The lowest BCUT2D eigenvalue weighted by atomic mass is 10.0. The Hall–Kier alpha value is -1.10. The quantitative estimate of drug-likeness (QED) is 0.661. The van der Waals surface area contributed by atoms with E-state index in [1.54, 1.807) is 19.2 Å². The number of aromatic hydroxyl groups is 1. The van der Waals surface area contributed by atoms with Gasteiger partial charge in [0, 0.05) is 31.4 Å². The molecule has 18 heavy (non-hydrogen) atoms. The third kappa shape index (κ3) is 4.29. The first-order chi connectivity index (χ1) is 8.72. The van der Waals surface area contributed by atoms with Crippen molar-refractivity contribution >= 4 is 0 Å². The summed E-state index contributed by atoms with van der Waals surface area (Å²) in [4.78, 5) is 0. The van der Waals surface area contributed by atoms with Gasteiger partial charge >= 0.3 is 0 Å². The van der Waals surface area contributed by atoms with Gasteiger partial charge in [0.2, 0.25) is 0 Å². The molecule has 0 aromatic heterocycles. The second kappa shape index (κ2) is 8.08. The Morgan fingerprint density at radius 3 is 2.61 bits per heavy atom. The molecule has 3 N–H and O–H groups in total. The average molecular weight is 253 g/mol. The highest BCUT2D eigenvalue weighted by Gasteiger charge is 2.17. The van der Waals surface area contributed by atoms with Gasteiger partial charge in [0.25, 0.3) is 0 Å². The highest BCUT2D eigenvalue weighted by atomic mass is 16.5. The fourth-order valence-corrected chi connectivity index (χ4v) is 1.98. The number of aliphatic hydroxyl groups excluding tert-OH is 1. The molecule has 2 atom stereocenters. The van der Waals surface area contributed by atoms with Crippen LogP contribution >= 0.6 is 0 Å². The summed E-state index contributed by atoms with van der Waals surface area (Å²) in [6.07, 6.45) is 1.60. The predicted molar refractivity (Wildman–Crippen MR) is 71.6 cm³/mol. The van der Waals surface area contributed by atoms with Crippen LogP contribution in [0.15, 0.2) is 24.3 Å². The molecule has 0 aliphatic rings. The van der Waals surface area contributed by atoms with Gasteiger partial charge in [-0.25, -0.2) is 0 Å². The molecule has 2 unspecified atom stereocenters. The maximum Gasteiger partial charge on any atom is 0.120 e. The van der Waals surface area contributed by atoms with E-state index in [0.29, 0.717) is 12.4 Å². The summed E-state index contributed by atoms with van der Waals surface area (Å²) in [6.45, 7) is 2.72. The average Bonchev–Trinajstić information content (AvgIpc) is 2.40. The van der Waals surface area contributed by atoms with E-state index in [1.807, 2.05) is 12.1 Å². The van der Waals surface area contributed by atoms with Crippen molar-refractivity contribution in [2.75, 3.05) is 20.3 Å². The molecule has 0 radical (unpaired) electrons. The zero-order chi connectivity index (χ0) is 13.4. The van der Waals surface area contributed by atoms with Crippen LogP contribution in [-0.2, 0) is 4.74 Å². The minimum absolute atomic E-state index is 0.0190. The SMILES string of the molecule is CCC(NC(CO)CCOC)c1ccccc1O. The minimum atomic E-state index is -0.0190. The molecule has 1 rings (SSSR count). The Kier molecular flexibility index (Phi) is 6.72. The largest absolute Gasteiger partial charge is 0.508 e. The molecule has 0 amide bonds. The number of hydrogen-bond acceptors (Lipinski definition) is 4. The molecule has 4 nitrogen and oxygen atoms in total. The van der Waals surface area contributed by atoms with Gasteiger partial charge in [-0.1, -0.05) is 25.1 Å². The monoisotopic (exact) mass is 253 g/mol. The molecule has 4 heteroatoms. The normalized spacial score (nSPS) is 14.4. The highest BCUT2D eigenvalue weighted by molar-refractivity contribution is 5.34. The van der Waals surface area contributed by atoms with Crippen LogP contribution in [0.1, 0.15) is 31.4 Å². The maximum atomic E-state index is 9.85. The molecule has 0 saturated carbocycles. The Labute approximate surface area is 109 Å². The Morgan fingerprint density at radius 1 is 1.33 bits per heavy atom. The van der Waals surface area contributed by atoms with Crippen LogP contribution in [0, 0.1) is 0 Å². The van der Waals surface area contributed by atoms with Gasteiger partial charge in [-0.05, 0) is 18.9 Å². The van der Waals surface area contributed by atoms with Gasteiger partial charge in [0.15, 0.2) is 0 Å². The van der Waals surface area contributed by atoms with Crippen molar-refractivity contribution in [2.24, 2.45) is 0 Å². The van der Waals surface area contributed by atoms with E-state index < -0.39 is 0 Å². The zero-order valence-corrected chi connectivity index (χ0v) is 11.1. The van der Waals surface area contributed by atoms with E-state index in [4.69, 9.17) is 4.74 Å². The van der Waals surface area contributed by atoms with Crippen molar-refractivity contribution in [1.82, 2.24) is 5.32 Å². The van der Waals surface area contributed by atoms with Crippen LogP contribution in [0.4, 0.5) is 0 Å². The number of methoxy groups -OCH3 is 1. The smallest absolute Gasteiger partial charge is 0.120 e. The van der Waals surface area contributed by atoms with Crippen LogP contribution in [0.3, 0.4) is 0 Å². The van der Waals surface area contributed by atoms with Gasteiger partial charge in [-0.15, -0.1) is 0 Å². The van der Waals surface area contributed by atoms with Gasteiger partial charge in [0.05, 0.1) is 6.61 Å². The number of rotatable bonds is 8. The molecule has 0 fully saturated rings. The van der Waals surface area contributed by atoms with Crippen LogP contribution in [0.2, 0.25) is 0 Å². The van der Waals surface area contributed by atoms with Crippen molar-refractivity contribution in [2.45, 2.75) is 31.8 Å². The summed E-state index contributed by atoms with van der Waals surface area (Å²) in [5.41, 5.74) is 0.871. The summed E-state index contributed by atoms with van der Waals surface area (Å²) < 4.78 is 5.02. The number of aliphatic hydroxyl groups is 1. The van der Waals surface area contributed by atoms with Crippen molar-refractivity contribution < 1.29 is 14.9 Å². The summed E-state index contributed by atoms with van der Waals surface area (Å²) in [5.74, 6) is 0.292. The third-order valence-electron chi connectivity index (χ3n) is 3.05. The van der Waals surface area contributed by atoms with Crippen molar-refractivity contribution in [1.29, 1.82) is 0 Å². The van der Waals surface area contributed by atoms with Gasteiger partial charge in [-0.3, -0.25) is 0 Å². The molecular weight excluding hydrogens is 230 g/mol. The molecule has 0 aliphatic carbocycles. The van der Waals surface area contributed by atoms with E-state index >= 15 is 0 Å². The molecule has 0 bridgehead atoms. The van der Waals surface area contributed by atoms with E-state index in [0.717, 1.165) is 18.4 Å². The fourth-order valence-electron chi connectivity index (χ4n) is 1.98. The number of hydrogen-bond donors (Lipinski definition) is 3. The summed E-state index contributed by atoms with van der Waals surface area (Å²) in [7, 11) is 1.65. The minimum Gasteiger partial charge on any atom is -0.508 e. The molecule has 0 spiro atoms. The van der Waals surface area contributed by atoms with Gasteiger partial charge in [-0.2, -0.15) is 0 Å². The van der Waals surface area contributed by atoms with E-state index in [-0.39, 0.29) is 18.7 Å². The second-order valence-electron chi connectivity index (χ2n) is 4.35. The Morgan fingerprint density at radius 2 is 2.06 bits per heavy atom. The third-order valence-corrected chi connectivity index (χ3v) is 3.05. The molecule has 1 aromatic carbocycles. The Balaban J connectivity index is 2.68. The molecule has 0 saturated heterocycles. The van der Waals surface area contributed by atoms with E-state index in [2.05, 4.69) is 12.2 Å². The van der Waals surface area contributed by atoms with Crippen molar-refractivity contribution in [3.05, 3.63) is 29.8 Å². The number of para-hydroxylation sites is 1. The molecule has 102 valence electrons. The summed E-state index contributed by atoms with van der Waals surface area (Å²) in [5, 5.41) is 22.5. The standard InChI is InChI=1S/C14H23NO3/c1-3-13(12-6-4-5-7-14(12)17)15-11(10-16)8-9-18-2/h4-7,11,13,15-17H,3,8-10H2,1-2H3. The lowest BCUT2D eigenvalue weighted by Gasteiger charge is -2.24. The second-order valence-corrected chi connectivity index (χ2v) is 4.35. The maximum absolute atomic E-state index is 9.85. The number of benzene rings is 1. The lowest BCUT2D eigenvalue weighted by Crippen LogP contribution is -2.36. The Bertz CT molecular complexity index is 344. The number of ether oxygens (including phenoxy) is 1. The van der Waals surface area contributed by atoms with E-state index in [9.17, 15) is 10.2 Å². The molecule has 0 aliphatic heterocycles. The van der Waals surface area contributed by atoms with Crippen molar-refractivity contribution in [3.63, 3.8) is 0 Å². The summed E-state index contributed by atoms with van der Waals surface area (Å²) in [6, 6.07) is 7.32. The first-order valence-electron chi connectivity index (χ1n) is 6.36. The lowest BCUT2D eigenvalue weighted by molar-refractivity contribution is 0.154. The van der Waals surface area contributed by atoms with Gasteiger partial charge in [0.1, 0.15) is 5.75 Å². The molecule has 1 aromatic rings. The van der Waals surface area contributed by atoms with Crippen molar-refractivity contribution in [3.8, 4) is 5.75 Å². The summed E-state index contributed by atoms with van der Waals surface area (Å²) >= 11 is 0. The number of phenols is 1. The zero-order valence-electron chi connectivity index (χ0n) is 11.1. The first-order valence-corrected chi connectivity index (χ1v) is 6.36. The highest BCUT2D eigenvalue weighted by Crippen LogP contribution is 2.26. The molecule has 0 heterocycles. The number of phenolic OH excluding ortho intramolecular Hbond substituents is 1. The van der Waals surface area contributed by atoms with E-state index in [1.165, 1.54) is 0 Å². The first kappa shape index (κ1) is 15.0. The predicted octanol–water partition coefficient (Wildman–Crippen LogP) is 1.83. The van der Waals surface area contributed by atoms with Crippen LogP contribution in [0.25, 0.3) is 0 Å². The number of nitrogens with one attached hydrogen (secondary N) is 1. The van der Waals surface area contributed by atoms with Gasteiger partial charge < -0.3 is 20.3 Å². The van der Waals surface area contributed by atoms with Crippen LogP contribution in [0.5, 0.6) is 5.75 Å². The topological polar surface area (TPSA) is 61.7 Å².